The highest BCUT2D eigenvalue weighted by Gasteiger charge is 2.32. The Balaban J connectivity index is 1.87. The maximum atomic E-state index is 13.7. The number of hydrogen-bond acceptors (Lipinski definition) is 6. The maximum absolute atomic E-state index is 13.7. The third-order valence-corrected chi connectivity index (χ3v) is 8.06. The zero-order valence-electron chi connectivity index (χ0n) is 22.7. The Morgan fingerprint density at radius 1 is 1.03 bits per heavy atom. The minimum atomic E-state index is -3.87. The van der Waals surface area contributed by atoms with E-state index in [9.17, 15) is 18.0 Å². The number of rotatable bonds is 12. The quantitative estimate of drug-likeness (QED) is 0.439. The lowest BCUT2D eigenvalue weighted by molar-refractivity contribution is -0.139. The van der Waals surface area contributed by atoms with Gasteiger partial charge in [0.1, 0.15) is 24.1 Å². The van der Waals surface area contributed by atoms with Crippen molar-refractivity contribution in [1.82, 2.24) is 10.2 Å². The highest BCUT2D eigenvalue weighted by molar-refractivity contribution is 7.92. The molecule has 2 aromatic rings. The third kappa shape index (κ3) is 7.86. The number of methoxy groups -OCH3 is 2. The molecule has 0 unspecified atom stereocenters. The summed E-state index contributed by atoms with van der Waals surface area (Å²) >= 11 is 0. The molecule has 0 radical (unpaired) electrons. The van der Waals surface area contributed by atoms with Crippen molar-refractivity contribution < 1.29 is 27.5 Å². The molecule has 0 saturated heterocycles. The summed E-state index contributed by atoms with van der Waals surface area (Å²) < 4.78 is 37.3. The predicted molar refractivity (Wildman–Crippen MR) is 148 cm³/mol. The van der Waals surface area contributed by atoms with Crippen molar-refractivity contribution in [3.05, 3.63) is 54.1 Å². The Bertz CT molecular complexity index is 1180. The number of nitrogens with one attached hydrogen (secondary N) is 1. The molecule has 1 aliphatic carbocycles. The summed E-state index contributed by atoms with van der Waals surface area (Å²) in [5.41, 5.74) is 1.23. The fraction of sp³-hybridized carbons (Fsp3) is 0.500. The van der Waals surface area contributed by atoms with Gasteiger partial charge in [0, 0.05) is 18.7 Å². The van der Waals surface area contributed by atoms with E-state index in [2.05, 4.69) is 5.32 Å². The van der Waals surface area contributed by atoms with Gasteiger partial charge in [-0.3, -0.25) is 13.9 Å². The van der Waals surface area contributed by atoms with Crippen molar-refractivity contribution in [2.24, 2.45) is 0 Å². The van der Waals surface area contributed by atoms with Crippen molar-refractivity contribution in [1.29, 1.82) is 0 Å². The minimum Gasteiger partial charge on any atom is -0.497 e. The van der Waals surface area contributed by atoms with Crippen LogP contribution in [0.2, 0.25) is 0 Å². The fourth-order valence-electron chi connectivity index (χ4n) is 4.72. The number of carbonyl (C=O) groups excluding carboxylic acids is 2. The van der Waals surface area contributed by atoms with Crippen LogP contribution in [0.5, 0.6) is 11.5 Å². The summed E-state index contributed by atoms with van der Waals surface area (Å²) in [4.78, 5) is 28.4. The number of anilines is 1. The van der Waals surface area contributed by atoms with Gasteiger partial charge in [0.15, 0.2) is 0 Å². The molecule has 10 heteroatoms. The van der Waals surface area contributed by atoms with Gasteiger partial charge in [-0.05, 0) is 43.9 Å². The molecular weight excluding hydrogens is 506 g/mol. The summed E-state index contributed by atoms with van der Waals surface area (Å²) in [5.74, 6) is 0.0335. The molecule has 2 amide bonds. The van der Waals surface area contributed by atoms with Crippen LogP contribution in [0.4, 0.5) is 5.69 Å². The van der Waals surface area contributed by atoms with Crippen LogP contribution < -0.4 is 19.1 Å². The molecule has 1 N–H and O–H groups in total. The van der Waals surface area contributed by atoms with E-state index in [0.717, 1.165) is 41.8 Å². The second kappa shape index (κ2) is 13.5. The zero-order valence-corrected chi connectivity index (χ0v) is 23.5. The van der Waals surface area contributed by atoms with Gasteiger partial charge in [0.25, 0.3) is 0 Å². The monoisotopic (exact) mass is 545 g/mol. The molecule has 208 valence electrons. The molecule has 0 aromatic heterocycles. The standard InChI is InChI=1S/C28H39N3O6S/c1-21(28(33)29-23-13-9-6-10-14-23)30(18-17-22-11-7-5-8-12-22)27(32)20-31(38(4,34)35)25-16-15-24(36-2)19-26(25)37-3/h5,7-8,11-12,15-16,19,21,23H,6,9-10,13-14,17-18,20H2,1-4H3,(H,29,33)/t21-/m0/s1. The molecular formula is C28H39N3O6S. The summed E-state index contributed by atoms with van der Waals surface area (Å²) in [6, 6.07) is 13.7. The summed E-state index contributed by atoms with van der Waals surface area (Å²) in [7, 11) is -0.952. The van der Waals surface area contributed by atoms with Gasteiger partial charge in [-0.1, -0.05) is 49.6 Å². The van der Waals surface area contributed by atoms with E-state index in [1.807, 2.05) is 30.3 Å². The molecule has 0 bridgehead atoms. The normalized spacial score (nSPS) is 14.8. The summed E-state index contributed by atoms with van der Waals surface area (Å²) in [6.45, 7) is 1.48. The van der Waals surface area contributed by atoms with E-state index in [1.165, 1.54) is 25.5 Å². The molecule has 1 fully saturated rings. The van der Waals surface area contributed by atoms with E-state index in [4.69, 9.17) is 9.47 Å². The van der Waals surface area contributed by atoms with Crippen LogP contribution in [-0.2, 0) is 26.0 Å². The highest BCUT2D eigenvalue weighted by atomic mass is 32.2. The first-order valence-electron chi connectivity index (χ1n) is 13.0. The number of amides is 2. The Morgan fingerprint density at radius 3 is 2.32 bits per heavy atom. The lowest BCUT2D eigenvalue weighted by atomic mass is 9.95. The van der Waals surface area contributed by atoms with Crippen LogP contribution >= 0.6 is 0 Å². The van der Waals surface area contributed by atoms with Gasteiger partial charge < -0.3 is 19.7 Å². The van der Waals surface area contributed by atoms with Crippen molar-refractivity contribution in [2.45, 2.75) is 57.5 Å². The van der Waals surface area contributed by atoms with Crippen LogP contribution in [0.1, 0.15) is 44.6 Å². The SMILES string of the molecule is COc1ccc(N(CC(=O)N(CCc2ccccc2)[C@@H](C)C(=O)NC2CCCCC2)S(C)(=O)=O)c(OC)c1. The van der Waals surface area contributed by atoms with Gasteiger partial charge in [-0.25, -0.2) is 8.42 Å². The minimum absolute atomic E-state index is 0.0980. The lowest BCUT2D eigenvalue weighted by Crippen LogP contribution is -2.53. The molecule has 1 saturated carbocycles. The van der Waals surface area contributed by atoms with Crippen LogP contribution in [0.15, 0.2) is 48.5 Å². The Kier molecular flexibility index (Phi) is 10.4. The second-order valence-electron chi connectivity index (χ2n) is 9.65. The maximum Gasteiger partial charge on any atom is 0.244 e. The number of benzene rings is 2. The van der Waals surface area contributed by atoms with E-state index >= 15 is 0 Å². The van der Waals surface area contributed by atoms with Gasteiger partial charge in [0.05, 0.1) is 26.2 Å². The van der Waals surface area contributed by atoms with Crippen LogP contribution in [-0.4, -0.2) is 70.8 Å². The first kappa shape index (κ1) is 29.3. The molecule has 38 heavy (non-hydrogen) atoms. The fourth-order valence-corrected chi connectivity index (χ4v) is 5.58. The van der Waals surface area contributed by atoms with Crippen LogP contribution in [0.25, 0.3) is 0 Å². The third-order valence-electron chi connectivity index (χ3n) is 6.94. The molecule has 0 aliphatic heterocycles. The lowest BCUT2D eigenvalue weighted by Gasteiger charge is -2.33. The average molecular weight is 546 g/mol. The van der Waals surface area contributed by atoms with E-state index in [0.29, 0.717) is 12.2 Å². The second-order valence-corrected chi connectivity index (χ2v) is 11.6. The molecule has 9 nitrogen and oxygen atoms in total. The largest absolute Gasteiger partial charge is 0.497 e. The topological polar surface area (TPSA) is 105 Å². The predicted octanol–water partition coefficient (Wildman–Crippen LogP) is 3.38. The van der Waals surface area contributed by atoms with E-state index < -0.39 is 28.5 Å². The molecule has 0 spiro atoms. The van der Waals surface area contributed by atoms with Gasteiger partial charge in [-0.2, -0.15) is 0 Å². The Hall–Kier alpha value is -3.27. The van der Waals surface area contributed by atoms with Crippen molar-refractivity contribution in [3.8, 4) is 11.5 Å². The van der Waals surface area contributed by atoms with Crippen LogP contribution in [0, 0.1) is 0 Å². The zero-order chi connectivity index (χ0) is 27.7. The van der Waals surface area contributed by atoms with Crippen molar-refractivity contribution >= 4 is 27.5 Å². The highest BCUT2D eigenvalue weighted by Crippen LogP contribution is 2.33. The number of sulfonamides is 1. The summed E-state index contributed by atoms with van der Waals surface area (Å²) in [6.07, 6.45) is 6.73. The molecule has 1 atom stereocenters. The summed E-state index contributed by atoms with van der Waals surface area (Å²) in [5, 5.41) is 3.10. The molecule has 2 aromatic carbocycles. The van der Waals surface area contributed by atoms with Crippen molar-refractivity contribution in [2.75, 3.05) is 37.9 Å². The van der Waals surface area contributed by atoms with Gasteiger partial charge in [-0.15, -0.1) is 0 Å². The van der Waals surface area contributed by atoms with Gasteiger partial charge in [0.2, 0.25) is 21.8 Å². The van der Waals surface area contributed by atoms with Crippen LogP contribution in [0.3, 0.4) is 0 Å². The van der Waals surface area contributed by atoms with E-state index in [1.54, 1.807) is 25.1 Å². The average Bonchev–Trinajstić information content (AvgIpc) is 2.91. The number of ether oxygens (including phenoxy) is 2. The van der Waals surface area contributed by atoms with E-state index in [-0.39, 0.29) is 29.9 Å². The number of carbonyl (C=O) groups is 2. The first-order chi connectivity index (χ1) is 18.1. The molecule has 1 aliphatic rings. The molecule has 3 rings (SSSR count). The Labute approximate surface area is 226 Å². The number of nitrogens with zero attached hydrogens (tertiary/aromatic N) is 2. The van der Waals surface area contributed by atoms with Gasteiger partial charge >= 0.3 is 0 Å². The number of hydrogen-bond donors (Lipinski definition) is 1. The first-order valence-corrected chi connectivity index (χ1v) is 14.8. The smallest absolute Gasteiger partial charge is 0.244 e. The van der Waals surface area contributed by atoms with Crippen molar-refractivity contribution in [3.63, 3.8) is 0 Å². The Morgan fingerprint density at radius 2 is 1.71 bits per heavy atom. The molecule has 0 heterocycles.